The number of anilines is 2. The first-order valence-corrected chi connectivity index (χ1v) is 6.67. The monoisotopic (exact) mass is 245 g/mol. The number of hydrogen-bond donors (Lipinski definition) is 0. The fourth-order valence-corrected chi connectivity index (χ4v) is 3.46. The number of aromatic nitrogens is 1. The van der Waals surface area contributed by atoms with E-state index < -0.39 is 0 Å². The predicted molar refractivity (Wildman–Crippen MR) is 71.8 cm³/mol. The largest absolute Gasteiger partial charge is 0.367 e. The third-order valence-electron chi connectivity index (χ3n) is 4.28. The van der Waals surface area contributed by atoms with E-state index in [9.17, 15) is 4.79 Å². The SMILES string of the molecule is CC(=O)N1c2ccncc2N(C)C2CCCC[C@@H]21. The second-order valence-electron chi connectivity index (χ2n) is 5.28. The van der Waals surface area contributed by atoms with Gasteiger partial charge in [-0.05, 0) is 18.9 Å². The average molecular weight is 245 g/mol. The number of fused-ring (bicyclic) bond motifs is 2. The number of nitrogens with zero attached hydrogens (tertiary/aromatic N) is 3. The highest BCUT2D eigenvalue weighted by Gasteiger charge is 2.40. The molecule has 0 aromatic carbocycles. The first-order chi connectivity index (χ1) is 8.70. The Morgan fingerprint density at radius 2 is 2.00 bits per heavy atom. The molecule has 1 fully saturated rings. The van der Waals surface area contributed by atoms with Crippen molar-refractivity contribution in [2.24, 2.45) is 0 Å². The third-order valence-corrected chi connectivity index (χ3v) is 4.28. The Morgan fingerprint density at radius 1 is 1.28 bits per heavy atom. The molecule has 0 bridgehead atoms. The summed E-state index contributed by atoms with van der Waals surface area (Å²) in [5.74, 6) is 0.146. The molecule has 2 atom stereocenters. The van der Waals surface area contributed by atoms with E-state index in [0.717, 1.165) is 17.8 Å². The molecule has 1 unspecified atom stereocenters. The molecule has 4 heteroatoms. The summed E-state index contributed by atoms with van der Waals surface area (Å²) < 4.78 is 0. The molecule has 2 heterocycles. The van der Waals surface area contributed by atoms with Crippen LogP contribution < -0.4 is 9.80 Å². The van der Waals surface area contributed by atoms with Crippen LogP contribution in [0.15, 0.2) is 18.5 Å². The van der Waals surface area contributed by atoms with E-state index in [4.69, 9.17) is 0 Å². The van der Waals surface area contributed by atoms with Gasteiger partial charge in [-0.3, -0.25) is 9.78 Å². The van der Waals surface area contributed by atoms with Gasteiger partial charge in [-0.25, -0.2) is 0 Å². The Morgan fingerprint density at radius 3 is 2.72 bits per heavy atom. The zero-order chi connectivity index (χ0) is 12.7. The van der Waals surface area contributed by atoms with Crippen LogP contribution in [0, 0.1) is 0 Å². The average Bonchev–Trinajstić information content (AvgIpc) is 2.39. The summed E-state index contributed by atoms with van der Waals surface area (Å²) in [6.45, 7) is 1.67. The second kappa shape index (κ2) is 4.26. The van der Waals surface area contributed by atoms with Crippen LogP contribution in [0.1, 0.15) is 32.6 Å². The Kier molecular flexibility index (Phi) is 2.73. The smallest absolute Gasteiger partial charge is 0.224 e. The normalized spacial score (nSPS) is 26.6. The summed E-state index contributed by atoms with van der Waals surface area (Å²) in [5.41, 5.74) is 2.10. The summed E-state index contributed by atoms with van der Waals surface area (Å²) in [6, 6.07) is 2.73. The number of carbonyl (C=O) groups excluding carboxylic acids is 1. The van der Waals surface area contributed by atoms with Gasteiger partial charge in [0.2, 0.25) is 5.91 Å². The van der Waals surface area contributed by atoms with Crippen molar-refractivity contribution in [2.75, 3.05) is 16.8 Å². The van der Waals surface area contributed by atoms with E-state index in [1.165, 1.54) is 19.3 Å². The molecule has 0 saturated heterocycles. The molecule has 1 amide bonds. The number of pyridine rings is 1. The minimum Gasteiger partial charge on any atom is -0.367 e. The first kappa shape index (κ1) is 11.5. The van der Waals surface area contributed by atoms with Gasteiger partial charge in [0.25, 0.3) is 0 Å². The standard InChI is InChI=1S/C14H19N3O/c1-10(18)17-12-6-4-3-5-11(12)16(2)14-9-15-8-7-13(14)17/h7-9,11-12H,3-6H2,1-2H3/t11?,12-/m0/s1. The molecule has 1 saturated carbocycles. The van der Waals surface area contributed by atoms with Gasteiger partial charge in [-0.1, -0.05) is 12.8 Å². The van der Waals surface area contributed by atoms with Gasteiger partial charge in [0.05, 0.1) is 23.6 Å². The van der Waals surface area contributed by atoms with Crippen LogP contribution in [0.3, 0.4) is 0 Å². The molecule has 0 radical (unpaired) electrons. The molecule has 96 valence electrons. The summed E-state index contributed by atoms with van der Waals surface area (Å²) in [5, 5.41) is 0. The van der Waals surface area contributed by atoms with Crippen molar-refractivity contribution in [3.8, 4) is 0 Å². The lowest BCUT2D eigenvalue weighted by molar-refractivity contribution is -0.117. The lowest BCUT2D eigenvalue weighted by Crippen LogP contribution is -2.57. The van der Waals surface area contributed by atoms with E-state index >= 15 is 0 Å². The quantitative estimate of drug-likeness (QED) is 0.703. The summed E-state index contributed by atoms with van der Waals surface area (Å²) >= 11 is 0. The predicted octanol–water partition coefficient (Wildman–Crippen LogP) is 2.20. The molecule has 4 nitrogen and oxygen atoms in total. The molecular weight excluding hydrogens is 226 g/mol. The Bertz CT molecular complexity index is 474. The fourth-order valence-electron chi connectivity index (χ4n) is 3.46. The van der Waals surface area contributed by atoms with Crippen molar-refractivity contribution in [3.63, 3.8) is 0 Å². The third kappa shape index (κ3) is 1.59. The van der Waals surface area contributed by atoms with Gasteiger partial charge in [0.1, 0.15) is 0 Å². The number of likely N-dealkylation sites (N-methyl/N-ethyl adjacent to an activating group) is 1. The minimum atomic E-state index is 0.146. The summed E-state index contributed by atoms with van der Waals surface area (Å²) in [4.78, 5) is 20.5. The minimum absolute atomic E-state index is 0.146. The molecule has 0 N–H and O–H groups in total. The van der Waals surface area contributed by atoms with Crippen molar-refractivity contribution in [1.29, 1.82) is 0 Å². The van der Waals surface area contributed by atoms with E-state index in [1.54, 1.807) is 13.1 Å². The summed E-state index contributed by atoms with van der Waals surface area (Å²) in [7, 11) is 2.13. The van der Waals surface area contributed by atoms with Crippen LogP contribution in [-0.2, 0) is 4.79 Å². The lowest BCUT2D eigenvalue weighted by atomic mass is 9.85. The van der Waals surface area contributed by atoms with Gasteiger partial charge in [0.15, 0.2) is 0 Å². The van der Waals surface area contributed by atoms with Crippen LogP contribution >= 0.6 is 0 Å². The van der Waals surface area contributed by atoms with Crippen LogP contribution in [0.25, 0.3) is 0 Å². The maximum absolute atomic E-state index is 12.0. The fraction of sp³-hybridized carbons (Fsp3) is 0.571. The second-order valence-corrected chi connectivity index (χ2v) is 5.28. The number of hydrogen-bond acceptors (Lipinski definition) is 3. The van der Waals surface area contributed by atoms with E-state index in [-0.39, 0.29) is 5.91 Å². The molecule has 1 aromatic rings. The maximum Gasteiger partial charge on any atom is 0.224 e. The zero-order valence-corrected chi connectivity index (χ0v) is 11.0. The molecule has 18 heavy (non-hydrogen) atoms. The van der Waals surface area contributed by atoms with E-state index in [1.807, 2.05) is 17.2 Å². The number of carbonyl (C=O) groups is 1. The number of rotatable bonds is 0. The van der Waals surface area contributed by atoms with Gasteiger partial charge in [-0.15, -0.1) is 0 Å². The maximum atomic E-state index is 12.0. The van der Waals surface area contributed by atoms with Crippen molar-refractivity contribution < 1.29 is 4.79 Å². The first-order valence-electron chi connectivity index (χ1n) is 6.67. The zero-order valence-electron chi connectivity index (χ0n) is 11.0. The highest BCUT2D eigenvalue weighted by Crippen LogP contribution is 2.41. The van der Waals surface area contributed by atoms with Crippen molar-refractivity contribution in [2.45, 2.75) is 44.7 Å². The Labute approximate surface area is 108 Å². The molecule has 2 aliphatic rings. The van der Waals surface area contributed by atoms with Gasteiger partial charge in [0, 0.05) is 26.2 Å². The molecule has 1 aromatic heterocycles. The molecule has 1 aliphatic heterocycles. The van der Waals surface area contributed by atoms with Crippen molar-refractivity contribution in [1.82, 2.24) is 4.98 Å². The van der Waals surface area contributed by atoms with Crippen LogP contribution in [0.4, 0.5) is 11.4 Å². The molecular formula is C14H19N3O. The van der Waals surface area contributed by atoms with Gasteiger partial charge in [-0.2, -0.15) is 0 Å². The van der Waals surface area contributed by atoms with Crippen molar-refractivity contribution >= 4 is 17.3 Å². The highest BCUT2D eigenvalue weighted by atomic mass is 16.2. The van der Waals surface area contributed by atoms with Gasteiger partial charge < -0.3 is 9.80 Å². The molecule has 3 rings (SSSR count). The molecule has 1 aliphatic carbocycles. The molecule has 0 spiro atoms. The summed E-state index contributed by atoms with van der Waals surface area (Å²) in [6.07, 6.45) is 8.39. The van der Waals surface area contributed by atoms with Crippen LogP contribution in [0.2, 0.25) is 0 Å². The van der Waals surface area contributed by atoms with Crippen LogP contribution in [0.5, 0.6) is 0 Å². The Balaban J connectivity index is 2.11. The van der Waals surface area contributed by atoms with Crippen molar-refractivity contribution in [3.05, 3.63) is 18.5 Å². The van der Waals surface area contributed by atoms with Gasteiger partial charge >= 0.3 is 0 Å². The van der Waals surface area contributed by atoms with Crippen LogP contribution in [-0.4, -0.2) is 30.0 Å². The van der Waals surface area contributed by atoms with E-state index in [2.05, 4.69) is 16.9 Å². The topological polar surface area (TPSA) is 36.4 Å². The number of amides is 1. The lowest BCUT2D eigenvalue weighted by Gasteiger charge is -2.49. The Hall–Kier alpha value is -1.58. The van der Waals surface area contributed by atoms with E-state index in [0.29, 0.717) is 12.1 Å². The highest BCUT2D eigenvalue weighted by molar-refractivity contribution is 5.97.